The van der Waals surface area contributed by atoms with Crippen LogP contribution in [0.15, 0.2) is 24.3 Å². The van der Waals surface area contributed by atoms with Crippen molar-refractivity contribution in [3.63, 3.8) is 0 Å². The van der Waals surface area contributed by atoms with E-state index in [4.69, 9.17) is 9.84 Å². The number of carbonyl (C=O) groups is 1. The number of rotatable bonds is 5. The third-order valence-corrected chi connectivity index (χ3v) is 3.33. The maximum atomic E-state index is 12.1. The number of hydrogen-bond donors (Lipinski definition) is 1. The molecule has 7 heteroatoms. The van der Waals surface area contributed by atoms with Gasteiger partial charge in [0, 0.05) is 13.1 Å². The summed E-state index contributed by atoms with van der Waals surface area (Å²) in [5, 5.41) is 8.93. The van der Waals surface area contributed by atoms with Crippen LogP contribution in [0.1, 0.15) is 12.0 Å². The van der Waals surface area contributed by atoms with Crippen molar-refractivity contribution < 1.29 is 27.8 Å². The van der Waals surface area contributed by atoms with Crippen LogP contribution in [0.5, 0.6) is 5.75 Å². The molecule has 1 aliphatic rings. The number of carboxylic acids is 1. The molecule has 1 saturated heterocycles. The van der Waals surface area contributed by atoms with Crippen LogP contribution in [0.2, 0.25) is 0 Å². The summed E-state index contributed by atoms with van der Waals surface area (Å²) in [6.07, 6.45) is -3.76. The molecule has 0 radical (unpaired) electrons. The summed E-state index contributed by atoms with van der Waals surface area (Å²) in [5.41, 5.74) is 0.806. The van der Waals surface area contributed by atoms with Crippen LogP contribution >= 0.6 is 0 Å². The van der Waals surface area contributed by atoms with Crippen molar-refractivity contribution in [1.82, 2.24) is 4.90 Å². The number of hydrogen-bond acceptors (Lipinski definition) is 3. The van der Waals surface area contributed by atoms with Gasteiger partial charge in [0.05, 0.1) is 5.92 Å². The van der Waals surface area contributed by atoms with Gasteiger partial charge < -0.3 is 9.84 Å². The van der Waals surface area contributed by atoms with Crippen LogP contribution in [0.4, 0.5) is 13.2 Å². The van der Waals surface area contributed by atoms with Gasteiger partial charge in [0.15, 0.2) is 6.61 Å². The van der Waals surface area contributed by atoms with Crippen molar-refractivity contribution >= 4 is 5.97 Å². The molecule has 1 aromatic rings. The van der Waals surface area contributed by atoms with E-state index >= 15 is 0 Å². The topological polar surface area (TPSA) is 49.8 Å². The molecule has 0 aliphatic carbocycles. The Morgan fingerprint density at radius 3 is 2.81 bits per heavy atom. The second-order valence-corrected chi connectivity index (χ2v) is 5.11. The van der Waals surface area contributed by atoms with E-state index < -0.39 is 18.8 Å². The first-order valence-electron chi connectivity index (χ1n) is 6.57. The lowest BCUT2D eigenvalue weighted by molar-refractivity contribution is -0.153. The summed E-state index contributed by atoms with van der Waals surface area (Å²) in [6, 6.07) is 6.44. The van der Waals surface area contributed by atoms with E-state index in [1.807, 2.05) is 4.90 Å². The SMILES string of the molecule is O=C(O)C1CCN(Cc2cccc(OCC(F)(F)F)c2)C1. The zero-order valence-electron chi connectivity index (χ0n) is 11.3. The predicted octanol–water partition coefficient (Wildman–Crippen LogP) is 2.53. The molecule has 0 aromatic heterocycles. The molecular weight excluding hydrogens is 287 g/mol. The number of alkyl halides is 3. The van der Waals surface area contributed by atoms with Crippen molar-refractivity contribution in [1.29, 1.82) is 0 Å². The molecule has 1 aromatic carbocycles. The summed E-state index contributed by atoms with van der Waals surface area (Å²) in [6.45, 7) is 0.321. The molecule has 4 nitrogen and oxygen atoms in total. The minimum atomic E-state index is -4.36. The first-order chi connectivity index (χ1) is 9.83. The zero-order chi connectivity index (χ0) is 15.5. The van der Waals surface area contributed by atoms with Crippen LogP contribution in [-0.4, -0.2) is 41.8 Å². The summed E-state index contributed by atoms with van der Waals surface area (Å²) >= 11 is 0. The van der Waals surface area contributed by atoms with Gasteiger partial charge in [-0.15, -0.1) is 0 Å². The lowest BCUT2D eigenvalue weighted by Gasteiger charge is -2.16. The third-order valence-electron chi connectivity index (χ3n) is 3.33. The van der Waals surface area contributed by atoms with Gasteiger partial charge in [-0.1, -0.05) is 12.1 Å². The van der Waals surface area contributed by atoms with Gasteiger partial charge in [-0.05, 0) is 30.7 Å². The van der Waals surface area contributed by atoms with Crippen LogP contribution in [0.3, 0.4) is 0 Å². The maximum absolute atomic E-state index is 12.1. The molecule has 0 amide bonds. The molecule has 1 atom stereocenters. The summed E-state index contributed by atoms with van der Waals surface area (Å²) < 4.78 is 41.0. The van der Waals surface area contributed by atoms with Gasteiger partial charge in [-0.2, -0.15) is 13.2 Å². The Kier molecular flexibility index (Phi) is 4.72. The number of aliphatic carboxylic acids is 1. The van der Waals surface area contributed by atoms with Crippen LogP contribution < -0.4 is 4.74 Å². The largest absolute Gasteiger partial charge is 0.484 e. The maximum Gasteiger partial charge on any atom is 0.422 e. The normalized spacial score (nSPS) is 19.7. The number of likely N-dealkylation sites (tertiary alicyclic amines) is 1. The average molecular weight is 303 g/mol. The predicted molar refractivity (Wildman–Crippen MR) is 69.0 cm³/mol. The molecule has 1 fully saturated rings. The highest BCUT2D eigenvalue weighted by Crippen LogP contribution is 2.22. The van der Waals surface area contributed by atoms with E-state index in [0.717, 1.165) is 5.56 Å². The first-order valence-corrected chi connectivity index (χ1v) is 6.57. The van der Waals surface area contributed by atoms with Crippen LogP contribution in [0.25, 0.3) is 0 Å². The quantitative estimate of drug-likeness (QED) is 0.908. The first kappa shape index (κ1) is 15.6. The lowest BCUT2D eigenvalue weighted by Crippen LogP contribution is -2.23. The Hall–Kier alpha value is -1.76. The highest BCUT2D eigenvalue weighted by atomic mass is 19.4. The van der Waals surface area contributed by atoms with Crippen LogP contribution in [0, 0.1) is 5.92 Å². The number of benzene rings is 1. The molecule has 0 spiro atoms. The molecule has 116 valence electrons. The van der Waals surface area contributed by atoms with Crippen molar-refractivity contribution in [2.45, 2.75) is 19.1 Å². The second kappa shape index (κ2) is 6.34. The highest BCUT2D eigenvalue weighted by Gasteiger charge is 2.29. The van der Waals surface area contributed by atoms with Gasteiger partial charge in [0.1, 0.15) is 5.75 Å². The Morgan fingerprint density at radius 1 is 1.43 bits per heavy atom. The van der Waals surface area contributed by atoms with Gasteiger partial charge in [-0.25, -0.2) is 0 Å². The Labute approximate surface area is 120 Å². The number of carboxylic acid groups (broad SMARTS) is 1. The number of halogens is 3. The highest BCUT2D eigenvalue weighted by molar-refractivity contribution is 5.70. The molecule has 1 heterocycles. The molecule has 0 saturated carbocycles. The van der Waals surface area contributed by atoms with E-state index in [0.29, 0.717) is 26.1 Å². The Balaban J connectivity index is 1.91. The zero-order valence-corrected chi connectivity index (χ0v) is 11.3. The minimum Gasteiger partial charge on any atom is -0.484 e. The molecule has 2 rings (SSSR count). The molecule has 21 heavy (non-hydrogen) atoms. The fourth-order valence-electron chi connectivity index (χ4n) is 2.33. The van der Waals surface area contributed by atoms with Gasteiger partial charge in [0.2, 0.25) is 0 Å². The Bertz CT molecular complexity index is 504. The molecule has 0 bridgehead atoms. The third kappa shape index (κ3) is 4.93. The summed E-state index contributed by atoms with van der Waals surface area (Å²) in [5.74, 6) is -1.01. The lowest BCUT2D eigenvalue weighted by atomic mass is 10.1. The monoisotopic (exact) mass is 303 g/mol. The van der Waals surface area contributed by atoms with Crippen LogP contribution in [-0.2, 0) is 11.3 Å². The standard InChI is InChI=1S/C14H16F3NO3/c15-14(16,17)9-21-12-3-1-2-10(6-12)7-18-5-4-11(8-18)13(19)20/h1-3,6,11H,4-5,7-9H2,(H,19,20). The smallest absolute Gasteiger partial charge is 0.422 e. The van der Waals surface area contributed by atoms with E-state index in [1.54, 1.807) is 18.2 Å². The van der Waals surface area contributed by atoms with Crippen molar-refractivity contribution in [2.24, 2.45) is 5.92 Å². The van der Waals surface area contributed by atoms with Crippen molar-refractivity contribution in [3.05, 3.63) is 29.8 Å². The summed E-state index contributed by atoms with van der Waals surface area (Å²) in [4.78, 5) is 12.9. The summed E-state index contributed by atoms with van der Waals surface area (Å²) in [7, 11) is 0. The molecule has 1 unspecified atom stereocenters. The van der Waals surface area contributed by atoms with E-state index in [1.165, 1.54) is 6.07 Å². The number of ether oxygens (including phenoxy) is 1. The van der Waals surface area contributed by atoms with Crippen molar-refractivity contribution in [2.75, 3.05) is 19.7 Å². The van der Waals surface area contributed by atoms with Gasteiger partial charge in [-0.3, -0.25) is 9.69 Å². The second-order valence-electron chi connectivity index (χ2n) is 5.11. The van der Waals surface area contributed by atoms with E-state index in [-0.39, 0.29) is 11.7 Å². The fourth-order valence-corrected chi connectivity index (χ4v) is 2.33. The van der Waals surface area contributed by atoms with Gasteiger partial charge >= 0.3 is 12.1 Å². The average Bonchev–Trinajstić information content (AvgIpc) is 2.85. The fraction of sp³-hybridized carbons (Fsp3) is 0.500. The Morgan fingerprint density at radius 2 is 2.19 bits per heavy atom. The number of nitrogens with zero attached hydrogens (tertiary/aromatic N) is 1. The van der Waals surface area contributed by atoms with E-state index in [2.05, 4.69) is 0 Å². The molecule has 1 N–H and O–H groups in total. The molecular formula is C14H16F3NO3. The molecule has 1 aliphatic heterocycles. The van der Waals surface area contributed by atoms with Crippen molar-refractivity contribution in [3.8, 4) is 5.75 Å². The minimum absolute atomic E-state index is 0.166. The van der Waals surface area contributed by atoms with Gasteiger partial charge in [0.25, 0.3) is 0 Å². The van der Waals surface area contributed by atoms with E-state index in [9.17, 15) is 18.0 Å².